The number of urea groups is 1. The average Bonchev–Trinajstić information content (AvgIpc) is 3.02. The largest absolute Gasteiger partial charge is 0.416 e. The van der Waals surface area contributed by atoms with E-state index in [0.29, 0.717) is 11.3 Å². The van der Waals surface area contributed by atoms with Crippen LogP contribution in [-0.4, -0.2) is 28.1 Å². The molecule has 0 aliphatic heterocycles. The second-order valence-corrected chi connectivity index (χ2v) is 5.79. The number of pyridine rings is 1. The van der Waals surface area contributed by atoms with Gasteiger partial charge < -0.3 is 10.6 Å². The smallest absolute Gasteiger partial charge is 0.329 e. The Balaban J connectivity index is 1.83. The van der Waals surface area contributed by atoms with Gasteiger partial charge in [0.25, 0.3) is 0 Å². The van der Waals surface area contributed by atoms with E-state index in [0.717, 1.165) is 12.1 Å². The van der Waals surface area contributed by atoms with Gasteiger partial charge in [-0.3, -0.25) is 4.40 Å². The number of amides is 2. The molecule has 0 atom stereocenters. The summed E-state index contributed by atoms with van der Waals surface area (Å²) in [5.41, 5.74) is 0.392. The Bertz CT molecular complexity index is 1010. The Hall–Kier alpha value is -3.24. The van der Waals surface area contributed by atoms with Crippen molar-refractivity contribution in [3.05, 3.63) is 54.4 Å². The highest BCUT2D eigenvalue weighted by Crippen LogP contribution is 2.31. The number of fused-ring (bicyclic) bond motifs is 1. The summed E-state index contributed by atoms with van der Waals surface area (Å²) in [6.07, 6.45) is -6.46. The zero-order valence-corrected chi connectivity index (χ0v) is 13.9. The number of aromatic nitrogens is 2. The van der Waals surface area contributed by atoms with E-state index in [1.807, 2.05) is 0 Å². The zero-order chi connectivity index (χ0) is 20.5. The number of carbonyl (C=O) groups is 1. The lowest BCUT2D eigenvalue weighted by atomic mass is 10.1. The first kappa shape index (κ1) is 19.5. The third kappa shape index (κ3) is 4.53. The molecular formula is C17H12F6N4O. The number of nitrogens with zero attached hydrogens (tertiary/aromatic N) is 2. The Kier molecular flexibility index (Phi) is 4.92. The average molecular weight is 402 g/mol. The van der Waals surface area contributed by atoms with E-state index in [-0.39, 0.29) is 11.3 Å². The lowest BCUT2D eigenvalue weighted by molar-refractivity contribution is -0.137. The predicted molar refractivity (Wildman–Crippen MR) is 88.7 cm³/mol. The molecule has 3 rings (SSSR count). The fraction of sp³-hybridized carbons (Fsp3) is 0.176. The summed E-state index contributed by atoms with van der Waals surface area (Å²) in [5, 5.41) is 3.94. The Morgan fingerprint density at radius 1 is 1.07 bits per heavy atom. The van der Waals surface area contributed by atoms with E-state index in [2.05, 4.69) is 10.3 Å². The summed E-state index contributed by atoms with van der Waals surface area (Å²) in [6, 6.07) is 6.86. The second kappa shape index (κ2) is 7.06. The predicted octanol–water partition coefficient (Wildman–Crippen LogP) is 4.70. The molecule has 2 N–H and O–H groups in total. The van der Waals surface area contributed by atoms with E-state index < -0.39 is 30.5 Å². The van der Waals surface area contributed by atoms with Crippen molar-refractivity contribution in [1.29, 1.82) is 0 Å². The standard InChI is InChI=1S/C17H12F6N4O/c18-16(19,20)9-25-15(28)26-12-3-1-2-10(6-12)13-8-24-14-7-11(17(21,22)23)4-5-27(13)14/h1-8H,9H2,(H2,25,26,28). The fourth-order valence-electron chi connectivity index (χ4n) is 2.48. The van der Waals surface area contributed by atoms with Crippen LogP contribution in [0.15, 0.2) is 48.8 Å². The molecule has 148 valence electrons. The molecule has 0 aliphatic carbocycles. The van der Waals surface area contributed by atoms with E-state index >= 15 is 0 Å². The van der Waals surface area contributed by atoms with Gasteiger partial charge in [-0.1, -0.05) is 12.1 Å². The van der Waals surface area contributed by atoms with Gasteiger partial charge in [0.2, 0.25) is 0 Å². The Morgan fingerprint density at radius 3 is 2.50 bits per heavy atom. The molecule has 28 heavy (non-hydrogen) atoms. The minimum atomic E-state index is -4.54. The number of hydrogen-bond donors (Lipinski definition) is 2. The number of halogens is 6. The van der Waals surface area contributed by atoms with Gasteiger partial charge in [-0.05, 0) is 24.3 Å². The van der Waals surface area contributed by atoms with Gasteiger partial charge in [0.1, 0.15) is 12.2 Å². The minimum Gasteiger partial charge on any atom is -0.329 e. The fourth-order valence-corrected chi connectivity index (χ4v) is 2.48. The molecule has 0 saturated heterocycles. The molecular weight excluding hydrogens is 390 g/mol. The first-order valence-corrected chi connectivity index (χ1v) is 7.79. The van der Waals surface area contributed by atoms with Crippen LogP contribution < -0.4 is 10.6 Å². The van der Waals surface area contributed by atoms with Crippen molar-refractivity contribution < 1.29 is 31.1 Å². The number of carbonyl (C=O) groups excluding carboxylic acids is 1. The van der Waals surface area contributed by atoms with Crippen molar-refractivity contribution in [2.75, 3.05) is 11.9 Å². The molecule has 2 aromatic heterocycles. The molecule has 5 nitrogen and oxygen atoms in total. The van der Waals surface area contributed by atoms with Crippen LogP contribution in [0, 0.1) is 0 Å². The molecule has 0 unspecified atom stereocenters. The van der Waals surface area contributed by atoms with E-state index in [1.165, 1.54) is 35.0 Å². The lowest BCUT2D eigenvalue weighted by Crippen LogP contribution is -2.36. The first-order chi connectivity index (χ1) is 13.0. The van der Waals surface area contributed by atoms with Crippen LogP contribution >= 0.6 is 0 Å². The van der Waals surface area contributed by atoms with Crippen molar-refractivity contribution in [3.63, 3.8) is 0 Å². The van der Waals surface area contributed by atoms with Crippen molar-refractivity contribution in [2.24, 2.45) is 0 Å². The van der Waals surface area contributed by atoms with Crippen LogP contribution in [0.2, 0.25) is 0 Å². The van der Waals surface area contributed by atoms with Gasteiger partial charge >= 0.3 is 18.4 Å². The molecule has 2 heterocycles. The quantitative estimate of drug-likeness (QED) is 0.624. The number of benzene rings is 1. The first-order valence-electron chi connectivity index (χ1n) is 7.79. The third-order valence-electron chi connectivity index (χ3n) is 3.71. The van der Waals surface area contributed by atoms with Gasteiger partial charge in [-0.15, -0.1) is 0 Å². The number of hydrogen-bond acceptors (Lipinski definition) is 2. The number of anilines is 1. The number of imidazole rings is 1. The summed E-state index contributed by atoms with van der Waals surface area (Å²) in [5.74, 6) is 0. The summed E-state index contributed by atoms with van der Waals surface area (Å²) >= 11 is 0. The maximum Gasteiger partial charge on any atom is 0.416 e. The monoisotopic (exact) mass is 402 g/mol. The van der Waals surface area contributed by atoms with Crippen LogP contribution in [-0.2, 0) is 6.18 Å². The molecule has 0 aliphatic rings. The van der Waals surface area contributed by atoms with Gasteiger partial charge in [0.15, 0.2) is 0 Å². The van der Waals surface area contributed by atoms with Crippen LogP contribution in [0.5, 0.6) is 0 Å². The molecule has 0 radical (unpaired) electrons. The van der Waals surface area contributed by atoms with Gasteiger partial charge in [0.05, 0.1) is 17.5 Å². The maximum absolute atomic E-state index is 12.8. The van der Waals surface area contributed by atoms with Gasteiger partial charge in [0, 0.05) is 17.4 Å². The summed E-state index contributed by atoms with van der Waals surface area (Å²) < 4.78 is 76.2. The Labute approximate surface area is 154 Å². The van der Waals surface area contributed by atoms with E-state index in [4.69, 9.17) is 0 Å². The lowest BCUT2D eigenvalue weighted by Gasteiger charge is -2.11. The molecule has 0 bridgehead atoms. The zero-order valence-electron chi connectivity index (χ0n) is 13.9. The minimum absolute atomic E-state index is 0.0751. The third-order valence-corrected chi connectivity index (χ3v) is 3.71. The SMILES string of the molecule is O=C(NCC(F)(F)F)Nc1cccc(-c2cnc3cc(C(F)(F)F)ccn23)c1. The van der Waals surface area contributed by atoms with Crippen LogP contribution in [0.3, 0.4) is 0 Å². The van der Waals surface area contributed by atoms with Crippen LogP contribution in [0.1, 0.15) is 5.56 Å². The van der Waals surface area contributed by atoms with E-state index in [9.17, 15) is 31.1 Å². The van der Waals surface area contributed by atoms with Gasteiger partial charge in [-0.2, -0.15) is 26.3 Å². The Morgan fingerprint density at radius 2 is 1.82 bits per heavy atom. The molecule has 3 aromatic rings. The van der Waals surface area contributed by atoms with Crippen molar-refractivity contribution in [3.8, 4) is 11.3 Å². The van der Waals surface area contributed by atoms with Crippen molar-refractivity contribution in [1.82, 2.24) is 14.7 Å². The highest BCUT2D eigenvalue weighted by Gasteiger charge is 2.31. The van der Waals surface area contributed by atoms with Crippen LogP contribution in [0.25, 0.3) is 16.9 Å². The number of alkyl halides is 6. The molecule has 0 saturated carbocycles. The summed E-state index contributed by atoms with van der Waals surface area (Å²) in [7, 11) is 0. The number of rotatable bonds is 3. The van der Waals surface area contributed by atoms with Crippen molar-refractivity contribution in [2.45, 2.75) is 12.4 Å². The second-order valence-electron chi connectivity index (χ2n) is 5.79. The topological polar surface area (TPSA) is 58.4 Å². The summed E-state index contributed by atoms with van der Waals surface area (Å²) in [6.45, 7) is -1.48. The molecule has 11 heteroatoms. The van der Waals surface area contributed by atoms with E-state index in [1.54, 1.807) is 11.4 Å². The summed E-state index contributed by atoms with van der Waals surface area (Å²) in [4.78, 5) is 15.5. The molecule has 0 fully saturated rings. The maximum atomic E-state index is 12.8. The van der Waals surface area contributed by atoms with Crippen molar-refractivity contribution >= 4 is 17.4 Å². The molecule has 2 amide bonds. The highest BCUT2D eigenvalue weighted by atomic mass is 19.4. The number of nitrogens with one attached hydrogen (secondary N) is 2. The normalized spacial score (nSPS) is 12.2. The molecule has 0 spiro atoms. The van der Waals surface area contributed by atoms with Gasteiger partial charge in [-0.25, -0.2) is 9.78 Å². The highest BCUT2D eigenvalue weighted by molar-refractivity contribution is 5.90. The van der Waals surface area contributed by atoms with Crippen LogP contribution in [0.4, 0.5) is 36.8 Å². The molecule has 1 aromatic carbocycles.